The number of likely N-dealkylation sites (N-methyl/N-ethyl adjacent to an activating group) is 1. The van der Waals surface area contributed by atoms with E-state index in [0.717, 1.165) is 30.9 Å². The Morgan fingerprint density at radius 3 is 3.05 bits per heavy atom. The fourth-order valence-corrected chi connectivity index (χ4v) is 2.14. The Hall–Kier alpha value is -2.05. The number of urea groups is 1. The van der Waals surface area contributed by atoms with Crippen LogP contribution in [0.25, 0.3) is 0 Å². The molecule has 2 rings (SSSR count). The van der Waals surface area contributed by atoms with Gasteiger partial charge in [-0.2, -0.15) is 0 Å². The first-order valence-corrected chi connectivity index (χ1v) is 7.28. The fraction of sp³-hybridized carbons (Fsp3) is 0.643. The lowest BCUT2D eigenvalue weighted by Crippen LogP contribution is -2.42. The van der Waals surface area contributed by atoms with Gasteiger partial charge >= 0.3 is 6.03 Å². The van der Waals surface area contributed by atoms with Crippen LogP contribution in [0.1, 0.15) is 25.6 Å². The highest BCUT2D eigenvalue weighted by Crippen LogP contribution is 2.11. The summed E-state index contributed by atoms with van der Waals surface area (Å²) in [6, 6.07) is -0.0960. The number of nitrogens with one attached hydrogen (secondary N) is 1. The molecule has 1 aromatic heterocycles. The molecule has 0 aliphatic carbocycles. The third-order valence-electron chi connectivity index (χ3n) is 3.63. The van der Waals surface area contributed by atoms with Gasteiger partial charge in [0.1, 0.15) is 11.9 Å². The zero-order chi connectivity index (χ0) is 15.2. The van der Waals surface area contributed by atoms with Crippen LogP contribution in [-0.4, -0.2) is 52.4 Å². The van der Waals surface area contributed by atoms with Crippen LogP contribution in [0.3, 0.4) is 0 Å². The lowest BCUT2D eigenvalue weighted by molar-refractivity contribution is 0.0851. The molecule has 0 saturated carbocycles. The molecule has 1 aliphatic rings. The third kappa shape index (κ3) is 4.21. The molecule has 1 aromatic rings. The van der Waals surface area contributed by atoms with Gasteiger partial charge in [-0.15, -0.1) is 0 Å². The molecule has 0 spiro atoms. The van der Waals surface area contributed by atoms with Crippen molar-refractivity contribution in [2.24, 2.45) is 5.16 Å². The largest absolute Gasteiger partial charge is 0.390 e. The van der Waals surface area contributed by atoms with E-state index in [1.165, 1.54) is 0 Å². The maximum Gasteiger partial charge on any atom is 0.317 e. The first-order valence-electron chi connectivity index (χ1n) is 7.28. The molecule has 0 fully saturated rings. The maximum absolute atomic E-state index is 12.0. The molecular formula is C14H23N5O2. The predicted molar refractivity (Wildman–Crippen MR) is 80.2 cm³/mol. The molecule has 7 nitrogen and oxygen atoms in total. The average Bonchev–Trinajstić information content (AvgIpc) is 3.10. The fourth-order valence-electron chi connectivity index (χ4n) is 2.14. The Balaban J connectivity index is 1.67. The summed E-state index contributed by atoms with van der Waals surface area (Å²) in [5.74, 6) is 0.951. The lowest BCUT2D eigenvalue weighted by Gasteiger charge is -2.19. The Kier molecular flexibility index (Phi) is 5.19. The molecule has 0 saturated heterocycles. The zero-order valence-electron chi connectivity index (χ0n) is 12.9. The molecule has 1 N–H and O–H groups in total. The van der Waals surface area contributed by atoms with Crippen LogP contribution < -0.4 is 5.32 Å². The Morgan fingerprint density at radius 1 is 1.62 bits per heavy atom. The van der Waals surface area contributed by atoms with Gasteiger partial charge in [-0.1, -0.05) is 12.1 Å². The van der Waals surface area contributed by atoms with Crippen molar-refractivity contribution >= 4 is 11.7 Å². The molecule has 2 heterocycles. The van der Waals surface area contributed by atoms with Gasteiger partial charge in [-0.05, 0) is 13.3 Å². The van der Waals surface area contributed by atoms with Crippen LogP contribution in [0.4, 0.5) is 4.79 Å². The highest BCUT2D eigenvalue weighted by atomic mass is 16.6. The number of oxime groups is 1. The van der Waals surface area contributed by atoms with Gasteiger partial charge in [-0.3, -0.25) is 0 Å². The van der Waals surface area contributed by atoms with Gasteiger partial charge in [-0.25, -0.2) is 9.78 Å². The van der Waals surface area contributed by atoms with Gasteiger partial charge in [0.05, 0.1) is 12.3 Å². The van der Waals surface area contributed by atoms with E-state index in [-0.39, 0.29) is 12.1 Å². The minimum atomic E-state index is -0.0960. The summed E-state index contributed by atoms with van der Waals surface area (Å²) in [6.07, 6.45) is 5.34. The number of hydrogen-bond acceptors (Lipinski definition) is 4. The molecule has 1 aliphatic heterocycles. The molecule has 116 valence electrons. The summed E-state index contributed by atoms with van der Waals surface area (Å²) in [7, 11) is 1.78. The summed E-state index contributed by atoms with van der Waals surface area (Å²) >= 11 is 0. The van der Waals surface area contributed by atoms with Crippen LogP contribution in [0.5, 0.6) is 0 Å². The van der Waals surface area contributed by atoms with Crippen molar-refractivity contribution in [3.8, 4) is 0 Å². The molecule has 0 aromatic carbocycles. The summed E-state index contributed by atoms with van der Waals surface area (Å²) in [4.78, 5) is 23.1. The lowest BCUT2D eigenvalue weighted by atomic mass is 10.1. The number of carbonyl (C=O) groups excluding carboxylic acids is 1. The molecule has 2 amide bonds. The number of carbonyl (C=O) groups is 1. The standard InChI is InChI=1S/C14H23N5O2/c1-4-12-9-13(21-17-12)10-16-14(20)18(3)7-8-19-6-5-15-11(19)2/h5-6,13H,4,7-10H2,1-3H3,(H,16,20). The second kappa shape index (κ2) is 7.10. The van der Waals surface area contributed by atoms with Crippen molar-refractivity contribution in [3.63, 3.8) is 0 Å². The summed E-state index contributed by atoms with van der Waals surface area (Å²) in [6.45, 7) is 5.85. The van der Waals surface area contributed by atoms with Crippen LogP contribution in [-0.2, 0) is 11.4 Å². The van der Waals surface area contributed by atoms with Crippen molar-refractivity contribution in [2.45, 2.75) is 39.3 Å². The molecule has 1 unspecified atom stereocenters. The van der Waals surface area contributed by atoms with E-state index >= 15 is 0 Å². The van der Waals surface area contributed by atoms with Gasteiger partial charge in [0, 0.05) is 39.0 Å². The predicted octanol–water partition coefficient (Wildman–Crippen LogP) is 1.39. The van der Waals surface area contributed by atoms with Crippen molar-refractivity contribution in [2.75, 3.05) is 20.1 Å². The second-order valence-corrected chi connectivity index (χ2v) is 5.22. The van der Waals surface area contributed by atoms with Gasteiger partial charge < -0.3 is 19.6 Å². The number of nitrogens with zero attached hydrogens (tertiary/aromatic N) is 4. The van der Waals surface area contributed by atoms with E-state index in [4.69, 9.17) is 4.84 Å². The molecule has 21 heavy (non-hydrogen) atoms. The van der Waals surface area contributed by atoms with Crippen LogP contribution in [0, 0.1) is 6.92 Å². The van der Waals surface area contributed by atoms with Crippen LogP contribution >= 0.6 is 0 Å². The normalized spacial score (nSPS) is 17.3. The van der Waals surface area contributed by atoms with Crippen molar-refractivity contribution in [1.29, 1.82) is 0 Å². The van der Waals surface area contributed by atoms with Crippen molar-refractivity contribution in [1.82, 2.24) is 19.8 Å². The van der Waals surface area contributed by atoms with E-state index in [1.54, 1.807) is 18.1 Å². The minimum Gasteiger partial charge on any atom is -0.390 e. The van der Waals surface area contributed by atoms with Crippen LogP contribution in [0.2, 0.25) is 0 Å². The number of hydrogen-bond donors (Lipinski definition) is 1. The van der Waals surface area contributed by atoms with E-state index < -0.39 is 0 Å². The quantitative estimate of drug-likeness (QED) is 0.861. The van der Waals surface area contributed by atoms with E-state index in [0.29, 0.717) is 13.1 Å². The third-order valence-corrected chi connectivity index (χ3v) is 3.63. The molecular weight excluding hydrogens is 270 g/mol. The van der Waals surface area contributed by atoms with Gasteiger partial charge in [0.2, 0.25) is 0 Å². The second-order valence-electron chi connectivity index (χ2n) is 5.22. The zero-order valence-corrected chi connectivity index (χ0v) is 12.9. The molecule has 1 atom stereocenters. The Labute approximate surface area is 125 Å². The molecule has 7 heteroatoms. The van der Waals surface area contributed by atoms with Gasteiger partial charge in [0.25, 0.3) is 0 Å². The SMILES string of the molecule is CCC1=NOC(CNC(=O)N(C)CCn2ccnc2C)C1. The summed E-state index contributed by atoms with van der Waals surface area (Å²) in [5, 5.41) is 6.86. The average molecular weight is 293 g/mol. The van der Waals surface area contributed by atoms with Crippen molar-refractivity contribution < 1.29 is 9.63 Å². The number of imidazole rings is 1. The first kappa shape index (κ1) is 15.3. The minimum absolute atomic E-state index is 0.0341. The van der Waals surface area contributed by atoms with E-state index in [2.05, 4.69) is 22.4 Å². The number of amides is 2. The Morgan fingerprint density at radius 2 is 2.43 bits per heavy atom. The first-order chi connectivity index (χ1) is 10.1. The molecule has 0 radical (unpaired) electrons. The monoisotopic (exact) mass is 293 g/mol. The highest BCUT2D eigenvalue weighted by molar-refractivity contribution is 5.85. The number of aromatic nitrogens is 2. The number of rotatable bonds is 6. The number of aryl methyl sites for hydroxylation is 1. The van der Waals surface area contributed by atoms with Crippen LogP contribution in [0.15, 0.2) is 17.5 Å². The summed E-state index contributed by atoms with van der Waals surface area (Å²) < 4.78 is 2.02. The van der Waals surface area contributed by atoms with E-state index in [9.17, 15) is 4.79 Å². The van der Waals surface area contributed by atoms with Crippen molar-refractivity contribution in [3.05, 3.63) is 18.2 Å². The molecule has 0 bridgehead atoms. The van der Waals surface area contributed by atoms with Gasteiger partial charge in [0.15, 0.2) is 0 Å². The smallest absolute Gasteiger partial charge is 0.317 e. The maximum atomic E-state index is 12.0. The van der Waals surface area contributed by atoms with E-state index in [1.807, 2.05) is 17.7 Å². The topological polar surface area (TPSA) is 71.8 Å². The Bertz CT molecular complexity index is 511. The highest BCUT2D eigenvalue weighted by Gasteiger charge is 2.20. The summed E-state index contributed by atoms with van der Waals surface area (Å²) in [5.41, 5.74) is 1.05.